The van der Waals surface area contributed by atoms with E-state index in [1.807, 2.05) is 24.3 Å². The molecule has 0 unspecified atom stereocenters. The average Bonchev–Trinajstić information content (AvgIpc) is 2.52. The van der Waals surface area contributed by atoms with Gasteiger partial charge in [-0.25, -0.2) is 13.6 Å². The Morgan fingerprint density at radius 3 is 2.35 bits per heavy atom. The Labute approximate surface area is 136 Å². The lowest BCUT2D eigenvalue weighted by atomic mass is 10.1. The van der Waals surface area contributed by atoms with Crippen molar-refractivity contribution < 1.29 is 8.42 Å². The highest BCUT2D eigenvalue weighted by atomic mass is 32.2. The van der Waals surface area contributed by atoms with Gasteiger partial charge in [-0.3, -0.25) is 0 Å². The van der Waals surface area contributed by atoms with Crippen molar-refractivity contribution in [3.05, 3.63) is 46.9 Å². The molecule has 0 atom stereocenters. The molecule has 0 aliphatic rings. The number of primary sulfonamides is 1. The number of sulfonamides is 1. The van der Waals surface area contributed by atoms with E-state index in [4.69, 9.17) is 10.4 Å². The molecular weight excluding hydrogens is 310 g/mol. The highest BCUT2D eigenvalue weighted by Gasteiger charge is 2.11. The lowest BCUT2D eigenvalue weighted by Gasteiger charge is -2.21. The van der Waals surface area contributed by atoms with Crippen molar-refractivity contribution in [2.24, 2.45) is 5.14 Å². The van der Waals surface area contributed by atoms with Gasteiger partial charge < -0.3 is 4.90 Å². The molecule has 0 bridgehead atoms. The first-order chi connectivity index (χ1) is 10.9. The zero-order chi connectivity index (χ0) is 17.0. The zero-order valence-electron chi connectivity index (χ0n) is 13.2. The van der Waals surface area contributed by atoms with Gasteiger partial charge in [-0.15, -0.1) is 0 Å². The summed E-state index contributed by atoms with van der Waals surface area (Å²) in [6, 6.07) is 13.3. The van der Waals surface area contributed by atoms with Crippen molar-refractivity contribution in [1.82, 2.24) is 0 Å². The van der Waals surface area contributed by atoms with Crippen LogP contribution in [0.5, 0.6) is 0 Å². The van der Waals surface area contributed by atoms with Gasteiger partial charge in [0, 0.05) is 18.8 Å². The monoisotopic (exact) mass is 329 g/mol. The topological polar surface area (TPSA) is 87.2 Å². The third-order valence-electron chi connectivity index (χ3n) is 3.69. The van der Waals surface area contributed by atoms with Gasteiger partial charge in [0.25, 0.3) is 0 Å². The molecule has 0 radical (unpaired) electrons. The second-order valence-corrected chi connectivity index (χ2v) is 6.66. The van der Waals surface area contributed by atoms with E-state index in [1.165, 1.54) is 6.08 Å². The van der Waals surface area contributed by atoms with Crippen molar-refractivity contribution >= 4 is 32.6 Å². The fraction of sp³-hybridized carbons (Fsp3) is 0.235. The molecule has 0 aromatic heterocycles. The Morgan fingerprint density at radius 1 is 1.17 bits per heavy atom. The third kappa shape index (κ3) is 3.89. The Bertz CT molecular complexity index is 892. The smallest absolute Gasteiger partial charge is 0.248 e. The molecular formula is C17H19N3O2S. The van der Waals surface area contributed by atoms with Gasteiger partial charge in [0.05, 0.1) is 0 Å². The van der Waals surface area contributed by atoms with Crippen LogP contribution in [0, 0.1) is 11.3 Å². The summed E-state index contributed by atoms with van der Waals surface area (Å²) in [4.78, 5) is 1.80. The van der Waals surface area contributed by atoms with E-state index in [9.17, 15) is 8.42 Å². The molecule has 6 heteroatoms. The minimum Gasteiger partial charge on any atom is -0.372 e. The molecule has 5 nitrogen and oxygen atoms in total. The summed E-state index contributed by atoms with van der Waals surface area (Å²) in [5.74, 6) is 0. The fourth-order valence-corrected chi connectivity index (χ4v) is 2.88. The number of fused-ring (bicyclic) bond motifs is 1. The molecule has 2 aromatic rings. The van der Waals surface area contributed by atoms with Crippen LogP contribution in [-0.4, -0.2) is 21.5 Å². The average molecular weight is 329 g/mol. The van der Waals surface area contributed by atoms with E-state index in [-0.39, 0.29) is 0 Å². The van der Waals surface area contributed by atoms with Crippen molar-refractivity contribution in [3.63, 3.8) is 0 Å². The first-order valence-corrected chi connectivity index (χ1v) is 8.87. The maximum atomic E-state index is 11.3. The minimum atomic E-state index is -4.00. The molecule has 0 aliphatic heterocycles. The van der Waals surface area contributed by atoms with Crippen LogP contribution < -0.4 is 10.0 Å². The van der Waals surface area contributed by atoms with Gasteiger partial charge >= 0.3 is 0 Å². The van der Waals surface area contributed by atoms with E-state index in [0.717, 1.165) is 29.5 Å². The van der Waals surface area contributed by atoms with Crippen LogP contribution in [0.1, 0.15) is 19.4 Å². The maximum absolute atomic E-state index is 11.3. The highest BCUT2D eigenvalue weighted by Crippen LogP contribution is 2.24. The summed E-state index contributed by atoms with van der Waals surface area (Å²) in [5.41, 5.74) is 1.77. The number of nitrogens with two attached hydrogens (primary N) is 1. The summed E-state index contributed by atoms with van der Waals surface area (Å²) in [7, 11) is -4.00. The number of nitrogens with zero attached hydrogens (tertiary/aromatic N) is 2. The Hall–Kier alpha value is -2.36. The zero-order valence-corrected chi connectivity index (χ0v) is 14.0. The molecule has 0 saturated heterocycles. The van der Waals surface area contributed by atoms with E-state index in [1.54, 1.807) is 12.1 Å². The third-order valence-corrected chi connectivity index (χ3v) is 4.51. The SMILES string of the molecule is CCN(CC)c1ccc2cc(/C=C(\C#N)S(N)(=O)=O)ccc2c1. The van der Waals surface area contributed by atoms with Crippen molar-refractivity contribution in [2.45, 2.75) is 13.8 Å². The lowest BCUT2D eigenvalue weighted by Crippen LogP contribution is -2.21. The quantitative estimate of drug-likeness (QED) is 0.854. The molecule has 120 valence electrons. The largest absolute Gasteiger partial charge is 0.372 e. The fourth-order valence-electron chi connectivity index (χ4n) is 2.46. The number of nitriles is 1. The summed E-state index contributed by atoms with van der Waals surface area (Å²) < 4.78 is 22.6. The van der Waals surface area contributed by atoms with Gasteiger partial charge in [0.15, 0.2) is 4.91 Å². The number of hydrogen-bond donors (Lipinski definition) is 1. The molecule has 2 aromatic carbocycles. The molecule has 2 rings (SSSR count). The predicted molar refractivity (Wildman–Crippen MR) is 94.2 cm³/mol. The van der Waals surface area contributed by atoms with Crippen molar-refractivity contribution in [3.8, 4) is 6.07 Å². The molecule has 0 spiro atoms. The van der Waals surface area contributed by atoms with Crippen LogP contribution >= 0.6 is 0 Å². The Balaban J connectivity index is 2.47. The van der Waals surface area contributed by atoms with Gasteiger partial charge in [-0.1, -0.05) is 18.2 Å². The van der Waals surface area contributed by atoms with Crippen molar-refractivity contribution in [2.75, 3.05) is 18.0 Å². The van der Waals surface area contributed by atoms with Crippen LogP contribution in [0.4, 0.5) is 5.69 Å². The highest BCUT2D eigenvalue weighted by molar-refractivity contribution is 7.93. The van der Waals surface area contributed by atoms with Gasteiger partial charge in [0.2, 0.25) is 10.0 Å². The molecule has 0 heterocycles. The second-order valence-electron chi connectivity index (χ2n) is 5.13. The summed E-state index contributed by atoms with van der Waals surface area (Å²) in [5, 5.41) is 15.9. The molecule has 0 amide bonds. The van der Waals surface area contributed by atoms with Crippen LogP contribution in [0.25, 0.3) is 16.8 Å². The van der Waals surface area contributed by atoms with Gasteiger partial charge in [-0.05, 0) is 54.5 Å². The minimum absolute atomic E-state index is 0.448. The summed E-state index contributed by atoms with van der Waals surface area (Å²) in [6.07, 6.45) is 1.28. The first-order valence-electron chi connectivity index (χ1n) is 7.32. The van der Waals surface area contributed by atoms with Crippen LogP contribution in [0.3, 0.4) is 0 Å². The number of hydrogen-bond acceptors (Lipinski definition) is 4. The van der Waals surface area contributed by atoms with Gasteiger partial charge in [0.1, 0.15) is 6.07 Å². The van der Waals surface area contributed by atoms with Gasteiger partial charge in [-0.2, -0.15) is 5.26 Å². The molecule has 0 fully saturated rings. The standard InChI is InChI=1S/C17H19N3O2S/c1-3-20(4-2)16-8-7-14-9-13(5-6-15(14)11-16)10-17(12-18)23(19,21)22/h5-11H,3-4H2,1-2H3,(H2,19,21,22)/b17-10+. The number of anilines is 1. The van der Waals surface area contributed by atoms with E-state index in [0.29, 0.717) is 5.56 Å². The van der Waals surface area contributed by atoms with Crippen LogP contribution in [-0.2, 0) is 10.0 Å². The van der Waals surface area contributed by atoms with Crippen LogP contribution in [0.2, 0.25) is 0 Å². The molecule has 0 saturated carbocycles. The lowest BCUT2D eigenvalue weighted by molar-refractivity contribution is 0.605. The number of rotatable bonds is 5. The molecule has 2 N–H and O–H groups in total. The Kier molecular flexibility index (Phi) is 5.04. The number of allylic oxidation sites excluding steroid dienone is 1. The summed E-state index contributed by atoms with van der Waals surface area (Å²) >= 11 is 0. The molecule has 0 aliphatic carbocycles. The normalized spacial score (nSPS) is 12.2. The maximum Gasteiger partial charge on any atom is 0.248 e. The summed E-state index contributed by atoms with van der Waals surface area (Å²) in [6.45, 7) is 6.09. The second kappa shape index (κ2) is 6.82. The first kappa shape index (κ1) is 17.0. The predicted octanol–water partition coefficient (Wildman–Crippen LogP) is 2.84. The van der Waals surface area contributed by atoms with Crippen molar-refractivity contribution in [1.29, 1.82) is 5.26 Å². The number of benzene rings is 2. The van der Waals surface area contributed by atoms with E-state index in [2.05, 4.69) is 24.8 Å². The van der Waals surface area contributed by atoms with Crippen LogP contribution in [0.15, 0.2) is 41.3 Å². The molecule has 23 heavy (non-hydrogen) atoms. The van der Waals surface area contributed by atoms with E-state index < -0.39 is 14.9 Å². The van der Waals surface area contributed by atoms with E-state index >= 15 is 0 Å². The Morgan fingerprint density at radius 2 is 1.78 bits per heavy atom.